The largest absolute Gasteiger partial charge is 0.262 e. The van der Waals surface area contributed by atoms with Gasteiger partial charge >= 0.3 is 0 Å². The van der Waals surface area contributed by atoms with Crippen molar-refractivity contribution in [1.29, 1.82) is 0 Å². The van der Waals surface area contributed by atoms with Crippen LogP contribution in [0.4, 0.5) is 0 Å². The molecule has 0 bridgehead atoms. The second-order valence-corrected chi connectivity index (χ2v) is 2.47. The highest BCUT2D eigenvalue weighted by Crippen LogP contribution is 1.86. The molecule has 0 radical (unpaired) electrons. The zero-order valence-electron chi connectivity index (χ0n) is 7.67. The monoisotopic (exact) mass is 151 g/mol. The lowest BCUT2D eigenvalue weighted by Crippen LogP contribution is -1.72. The quantitative estimate of drug-likeness (QED) is 0.600. The molecule has 0 amide bonds. The molecule has 0 fully saturated rings. The fourth-order valence-corrected chi connectivity index (χ4v) is 0.448. The van der Waals surface area contributed by atoms with Crippen LogP contribution in [0.25, 0.3) is 0 Å². The van der Waals surface area contributed by atoms with E-state index in [1.54, 1.807) is 6.20 Å². The average Bonchev–Trinajstić information content (AvgIpc) is 2.07. The molecule has 0 saturated carbocycles. The van der Waals surface area contributed by atoms with Gasteiger partial charge in [0.2, 0.25) is 0 Å². The molecule has 0 atom stereocenters. The molecule has 62 valence electrons. The van der Waals surface area contributed by atoms with Crippen molar-refractivity contribution in [3.63, 3.8) is 0 Å². The van der Waals surface area contributed by atoms with Crippen LogP contribution in [0.5, 0.6) is 0 Å². The van der Waals surface area contributed by atoms with Gasteiger partial charge in [0, 0.05) is 11.9 Å². The number of hydrogen-bond donors (Lipinski definition) is 0. The first-order valence-electron chi connectivity index (χ1n) is 4.18. The Morgan fingerprint density at radius 3 is 2.00 bits per heavy atom. The summed E-state index contributed by atoms with van der Waals surface area (Å²) in [4.78, 5) is 3.98. The molecular weight excluding hydrogens is 134 g/mol. The zero-order valence-corrected chi connectivity index (χ0v) is 7.67. The highest BCUT2D eigenvalue weighted by molar-refractivity contribution is 4.99. The lowest BCUT2D eigenvalue weighted by atomic mass is 10.4. The second kappa shape index (κ2) is 7.26. The Bertz CT molecular complexity index is 156. The Labute approximate surface area is 69.5 Å². The maximum Gasteiger partial charge on any atom is 0.0372 e. The maximum atomic E-state index is 3.98. The standard InChI is InChI=1S/C6H7N.C4H10/c1-6-4-2-3-5-7-6;1-3-4-2/h2-5H,1H3;3-4H2,1-2H3. The number of unbranched alkanes of at least 4 members (excludes halogenated alkanes) is 1. The lowest BCUT2D eigenvalue weighted by Gasteiger charge is -1.82. The van der Waals surface area contributed by atoms with E-state index in [2.05, 4.69) is 18.8 Å². The van der Waals surface area contributed by atoms with Crippen LogP contribution in [0.15, 0.2) is 24.4 Å². The van der Waals surface area contributed by atoms with Gasteiger partial charge in [0.05, 0.1) is 0 Å². The molecule has 1 nitrogen and oxygen atoms in total. The van der Waals surface area contributed by atoms with Gasteiger partial charge < -0.3 is 0 Å². The summed E-state index contributed by atoms with van der Waals surface area (Å²) in [7, 11) is 0. The minimum Gasteiger partial charge on any atom is -0.262 e. The highest BCUT2D eigenvalue weighted by Gasteiger charge is 1.73. The van der Waals surface area contributed by atoms with E-state index in [-0.39, 0.29) is 0 Å². The van der Waals surface area contributed by atoms with Gasteiger partial charge in [-0.05, 0) is 19.1 Å². The van der Waals surface area contributed by atoms with Gasteiger partial charge in [-0.3, -0.25) is 4.98 Å². The molecule has 0 aliphatic rings. The molecule has 1 aromatic heterocycles. The number of nitrogens with zero attached hydrogens (tertiary/aromatic N) is 1. The average molecular weight is 151 g/mol. The third-order valence-corrected chi connectivity index (χ3v) is 1.31. The number of pyridine rings is 1. The summed E-state index contributed by atoms with van der Waals surface area (Å²) in [6.45, 7) is 6.33. The van der Waals surface area contributed by atoms with E-state index >= 15 is 0 Å². The Balaban J connectivity index is 0.000000218. The number of aryl methyl sites for hydroxylation is 1. The molecule has 1 aromatic rings. The molecular formula is C10H17N. The topological polar surface area (TPSA) is 12.9 Å². The van der Waals surface area contributed by atoms with Crippen LogP contribution < -0.4 is 0 Å². The first-order valence-corrected chi connectivity index (χ1v) is 4.18. The minimum absolute atomic E-state index is 1.07. The molecule has 1 rings (SSSR count). The fraction of sp³-hybridized carbons (Fsp3) is 0.500. The van der Waals surface area contributed by atoms with Crippen LogP contribution >= 0.6 is 0 Å². The van der Waals surface area contributed by atoms with Gasteiger partial charge in [-0.2, -0.15) is 0 Å². The second-order valence-electron chi connectivity index (χ2n) is 2.47. The Kier molecular flexibility index (Phi) is 6.70. The van der Waals surface area contributed by atoms with E-state index in [1.165, 1.54) is 12.8 Å². The Morgan fingerprint density at radius 2 is 1.82 bits per heavy atom. The fourth-order valence-electron chi connectivity index (χ4n) is 0.448. The van der Waals surface area contributed by atoms with Crippen LogP contribution in [0.3, 0.4) is 0 Å². The molecule has 11 heavy (non-hydrogen) atoms. The molecule has 0 aliphatic carbocycles. The number of aromatic nitrogens is 1. The lowest BCUT2D eigenvalue weighted by molar-refractivity contribution is 0.886. The van der Waals surface area contributed by atoms with E-state index < -0.39 is 0 Å². The number of hydrogen-bond acceptors (Lipinski definition) is 1. The summed E-state index contributed by atoms with van der Waals surface area (Å²) in [6.07, 6.45) is 4.43. The summed E-state index contributed by atoms with van der Waals surface area (Å²) >= 11 is 0. The molecule has 0 saturated heterocycles. The van der Waals surface area contributed by atoms with Crippen molar-refractivity contribution in [2.24, 2.45) is 0 Å². The van der Waals surface area contributed by atoms with Crippen LogP contribution in [-0.4, -0.2) is 4.98 Å². The molecule has 0 unspecified atom stereocenters. The molecule has 1 heteroatoms. The van der Waals surface area contributed by atoms with Crippen LogP contribution in [0, 0.1) is 6.92 Å². The first kappa shape index (κ1) is 10.2. The van der Waals surface area contributed by atoms with Crippen molar-refractivity contribution >= 4 is 0 Å². The molecule has 0 aromatic carbocycles. The van der Waals surface area contributed by atoms with Crippen LogP contribution in [0.1, 0.15) is 32.4 Å². The Morgan fingerprint density at radius 1 is 1.18 bits per heavy atom. The summed E-state index contributed by atoms with van der Waals surface area (Å²) in [5, 5.41) is 0. The van der Waals surface area contributed by atoms with Gasteiger partial charge in [-0.15, -0.1) is 0 Å². The van der Waals surface area contributed by atoms with Gasteiger partial charge in [-0.25, -0.2) is 0 Å². The summed E-state index contributed by atoms with van der Waals surface area (Å²) < 4.78 is 0. The van der Waals surface area contributed by atoms with E-state index in [4.69, 9.17) is 0 Å². The van der Waals surface area contributed by atoms with Crippen molar-refractivity contribution in [2.45, 2.75) is 33.6 Å². The minimum atomic E-state index is 1.07. The van der Waals surface area contributed by atoms with Gasteiger partial charge in [-0.1, -0.05) is 32.8 Å². The third-order valence-electron chi connectivity index (χ3n) is 1.31. The highest BCUT2D eigenvalue weighted by atomic mass is 14.6. The predicted octanol–water partition coefficient (Wildman–Crippen LogP) is 3.20. The van der Waals surface area contributed by atoms with E-state index in [9.17, 15) is 0 Å². The van der Waals surface area contributed by atoms with Crippen molar-refractivity contribution in [2.75, 3.05) is 0 Å². The summed E-state index contributed by atoms with van der Waals surface area (Å²) in [5.74, 6) is 0. The molecule has 1 heterocycles. The maximum absolute atomic E-state index is 3.98. The summed E-state index contributed by atoms with van der Waals surface area (Å²) in [5.41, 5.74) is 1.07. The van der Waals surface area contributed by atoms with E-state index in [1.807, 2.05) is 25.1 Å². The van der Waals surface area contributed by atoms with Gasteiger partial charge in [0.15, 0.2) is 0 Å². The van der Waals surface area contributed by atoms with Crippen molar-refractivity contribution in [3.8, 4) is 0 Å². The predicted molar refractivity (Wildman–Crippen MR) is 49.6 cm³/mol. The molecule has 0 spiro atoms. The van der Waals surface area contributed by atoms with Crippen molar-refractivity contribution < 1.29 is 0 Å². The first-order chi connectivity index (χ1) is 5.31. The SMILES string of the molecule is CCCC.Cc1ccccn1. The van der Waals surface area contributed by atoms with Crippen LogP contribution in [-0.2, 0) is 0 Å². The number of rotatable bonds is 1. The normalized spacial score (nSPS) is 8.27. The van der Waals surface area contributed by atoms with Crippen molar-refractivity contribution in [3.05, 3.63) is 30.1 Å². The third kappa shape index (κ3) is 7.04. The Hall–Kier alpha value is -0.850. The van der Waals surface area contributed by atoms with Gasteiger partial charge in [0.1, 0.15) is 0 Å². The zero-order chi connectivity index (χ0) is 8.53. The van der Waals surface area contributed by atoms with E-state index in [0.717, 1.165) is 5.69 Å². The van der Waals surface area contributed by atoms with Crippen LogP contribution in [0.2, 0.25) is 0 Å². The molecule has 0 N–H and O–H groups in total. The smallest absolute Gasteiger partial charge is 0.0372 e. The molecule has 0 aliphatic heterocycles. The van der Waals surface area contributed by atoms with Crippen molar-refractivity contribution in [1.82, 2.24) is 4.98 Å². The van der Waals surface area contributed by atoms with E-state index in [0.29, 0.717) is 0 Å². The van der Waals surface area contributed by atoms with Gasteiger partial charge in [0.25, 0.3) is 0 Å². The summed E-state index contributed by atoms with van der Waals surface area (Å²) in [6, 6.07) is 5.86.